The average molecular weight is 272 g/mol. The van der Waals surface area contributed by atoms with Crippen molar-refractivity contribution in [3.8, 4) is 0 Å². The minimum Gasteiger partial charge on any atom is -0.481 e. The van der Waals surface area contributed by atoms with Gasteiger partial charge in [0.15, 0.2) is 0 Å². The molecule has 0 aliphatic carbocycles. The summed E-state index contributed by atoms with van der Waals surface area (Å²) in [5.74, 6) is -0.633. The first kappa shape index (κ1) is 17.9. The van der Waals surface area contributed by atoms with E-state index in [0.717, 1.165) is 26.1 Å². The number of carbonyl (C=O) groups is 2. The average Bonchev–Trinajstić information content (AvgIpc) is 2.34. The number of nitrogens with zero attached hydrogens (tertiary/aromatic N) is 1. The second kappa shape index (κ2) is 8.91. The van der Waals surface area contributed by atoms with E-state index in [1.165, 1.54) is 0 Å². The van der Waals surface area contributed by atoms with Gasteiger partial charge in [-0.25, -0.2) is 0 Å². The van der Waals surface area contributed by atoms with E-state index in [1.54, 1.807) is 4.90 Å². The zero-order valence-corrected chi connectivity index (χ0v) is 12.7. The van der Waals surface area contributed by atoms with Crippen LogP contribution in [0.25, 0.3) is 0 Å². The molecule has 0 aliphatic rings. The second-order valence-corrected chi connectivity index (χ2v) is 5.55. The van der Waals surface area contributed by atoms with Crippen molar-refractivity contribution in [3.05, 3.63) is 0 Å². The van der Waals surface area contributed by atoms with Crippen LogP contribution in [0.2, 0.25) is 0 Å². The van der Waals surface area contributed by atoms with Crippen molar-refractivity contribution in [2.45, 2.75) is 47.0 Å². The largest absolute Gasteiger partial charge is 0.481 e. The number of nitrogens with one attached hydrogen (secondary N) is 1. The first-order valence-corrected chi connectivity index (χ1v) is 7.02. The summed E-state index contributed by atoms with van der Waals surface area (Å²) >= 11 is 0. The molecular formula is C14H28N2O3. The molecule has 0 saturated carbocycles. The third kappa shape index (κ3) is 8.59. The fraction of sp³-hybridized carbons (Fsp3) is 0.857. The molecule has 0 heterocycles. The van der Waals surface area contributed by atoms with Crippen LogP contribution in [0.4, 0.5) is 0 Å². The fourth-order valence-electron chi connectivity index (χ4n) is 1.88. The molecule has 0 unspecified atom stereocenters. The number of likely N-dealkylation sites (N-methyl/N-ethyl adjacent to an activating group) is 1. The number of hydrogen-bond acceptors (Lipinski definition) is 3. The summed E-state index contributed by atoms with van der Waals surface area (Å²) in [6.45, 7) is 10.6. The fourth-order valence-corrected chi connectivity index (χ4v) is 1.88. The molecule has 0 radical (unpaired) electrons. The lowest BCUT2D eigenvalue weighted by Crippen LogP contribution is -2.38. The molecule has 5 heteroatoms. The molecule has 2 N–H and O–H groups in total. The van der Waals surface area contributed by atoms with Gasteiger partial charge >= 0.3 is 5.97 Å². The van der Waals surface area contributed by atoms with Crippen molar-refractivity contribution >= 4 is 11.9 Å². The van der Waals surface area contributed by atoms with Crippen LogP contribution < -0.4 is 5.32 Å². The van der Waals surface area contributed by atoms with E-state index >= 15 is 0 Å². The maximum Gasteiger partial charge on any atom is 0.303 e. The summed E-state index contributed by atoms with van der Waals surface area (Å²) in [7, 11) is 0. The molecule has 0 rings (SSSR count). The van der Waals surface area contributed by atoms with Gasteiger partial charge in [-0.1, -0.05) is 13.8 Å². The van der Waals surface area contributed by atoms with Gasteiger partial charge in [-0.05, 0) is 38.6 Å². The maximum absolute atomic E-state index is 11.7. The highest BCUT2D eigenvalue weighted by molar-refractivity contribution is 5.78. The Morgan fingerprint density at radius 2 is 1.74 bits per heavy atom. The van der Waals surface area contributed by atoms with Crippen molar-refractivity contribution in [2.24, 2.45) is 5.41 Å². The third-order valence-corrected chi connectivity index (χ3v) is 3.39. The van der Waals surface area contributed by atoms with Gasteiger partial charge in [-0.2, -0.15) is 0 Å². The van der Waals surface area contributed by atoms with Gasteiger partial charge in [0.2, 0.25) is 5.91 Å². The molecule has 0 bridgehead atoms. The molecule has 112 valence electrons. The first-order valence-electron chi connectivity index (χ1n) is 7.02. The molecule has 0 aliphatic heterocycles. The molecule has 0 fully saturated rings. The van der Waals surface area contributed by atoms with E-state index in [0.29, 0.717) is 13.0 Å². The zero-order chi connectivity index (χ0) is 14.9. The maximum atomic E-state index is 11.7. The summed E-state index contributed by atoms with van der Waals surface area (Å²) in [6, 6.07) is 0. The molecular weight excluding hydrogens is 244 g/mol. The number of amides is 1. The minimum atomic E-state index is -0.752. The van der Waals surface area contributed by atoms with Gasteiger partial charge in [0.05, 0.1) is 6.54 Å². The normalized spacial score (nSPS) is 11.4. The third-order valence-electron chi connectivity index (χ3n) is 3.39. The monoisotopic (exact) mass is 272 g/mol. The summed E-state index contributed by atoms with van der Waals surface area (Å²) in [6.07, 6.45) is 1.73. The van der Waals surface area contributed by atoms with Gasteiger partial charge in [0, 0.05) is 19.5 Å². The van der Waals surface area contributed by atoms with Crippen LogP contribution in [0.3, 0.4) is 0 Å². The van der Waals surface area contributed by atoms with Crippen LogP contribution in [0, 0.1) is 5.41 Å². The van der Waals surface area contributed by atoms with E-state index in [-0.39, 0.29) is 17.7 Å². The van der Waals surface area contributed by atoms with E-state index in [4.69, 9.17) is 5.11 Å². The van der Waals surface area contributed by atoms with E-state index in [9.17, 15) is 9.59 Å². The van der Waals surface area contributed by atoms with Crippen LogP contribution in [-0.4, -0.2) is 48.1 Å². The van der Waals surface area contributed by atoms with E-state index in [1.807, 2.05) is 13.8 Å². The Kier molecular flexibility index (Phi) is 8.39. The topological polar surface area (TPSA) is 69.6 Å². The summed E-state index contributed by atoms with van der Waals surface area (Å²) in [5.41, 5.74) is -0.0103. The van der Waals surface area contributed by atoms with Crippen molar-refractivity contribution in [3.63, 3.8) is 0 Å². The van der Waals surface area contributed by atoms with Crippen LogP contribution in [0.1, 0.15) is 47.0 Å². The Morgan fingerprint density at radius 1 is 1.16 bits per heavy atom. The van der Waals surface area contributed by atoms with Crippen molar-refractivity contribution in [1.29, 1.82) is 0 Å². The molecule has 0 saturated heterocycles. The van der Waals surface area contributed by atoms with Crippen molar-refractivity contribution in [2.75, 3.05) is 26.2 Å². The predicted molar refractivity (Wildman–Crippen MR) is 76.1 cm³/mol. The first-order chi connectivity index (χ1) is 8.82. The van der Waals surface area contributed by atoms with E-state index < -0.39 is 5.97 Å². The summed E-state index contributed by atoms with van der Waals surface area (Å²) in [4.78, 5) is 24.1. The molecule has 0 aromatic heterocycles. The summed E-state index contributed by atoms with van der Waals surface area (Å²) < 4.78 is 0. The Morgan fingerprint density at radius 3 is 2.21 bits per heavy atom. The van der Waals surface area contributed by atoms with Crippen LogP contribution >= 0.6 is 0 Å². The number of carboxylic acids is 1. The Labute approximate surface area is 116 Å². The highest BCUT2D eigenvalue weighted by atomic mass is 16.4. The smallest absolute Gasteiger partial charge is 0.303 e. The Balaban J connectivity index is 3.84. The number of rotatable bonds is 10. The lowest BCUT2D eigenvalue weighted by atomic mass is 9.84. The number of hydrogen-bond donors (Lipinski definition) is 2. The van der Waals surface area contributed by atoms with Gasteiger partial charge < -0.3 is 15.3 Å². The highest BCUT2D eigenvalue weighted by Crippen LogP contribution is 2.25. The predicted octanol–water partition coefficient (Wildman–Crippen LogP) is 1.73. The molecule has 5 nitrogen and oxygen atoms in total. The SMILES string of the molecule is CCN(CC)C(=O)CNCCC(C)(C)CCC(=O)O. The molecule has 1 amide bonds. The number of carboxylic acid groups (broad SMARTS) is 1. The van der Waals surface area contributed by atoms with Crippen LogP contribution in [0.15, 0.2) is 0 Å². The standard InChI is InChI=1S/C14H28N2O3/c1-5-16(6-2)12(17)11-15-10-9-14(3,4)8-7-13(18)19/h15H,5-11H2,1-4H3,(H,18,19). The van der Waals surface area contributed by atoms with E-state index in [2.05, 4.69) is 19.2 Å². The highest BCUT2D eigenvalue weighted by Gasteiger charge is 2.19. The molecule has 19 heavy (non-hydrogen) atoms. The van der Waals surface area contributed by atoms with Gasteiger partial charge in [0.1, 0.15) is 0 Å². The lowest BCUT2D eigenvalue weighted by molar-refractivity contribution is -0.137. The van der Waals surface area contributed by atoms with Crippen LogP contribution in [0.5, 0.6) is 0 Å². The molecule has 0 spiro atoms. The Bertz CT molecular complexity index is 286. The zero-order valence-electron chi connectivity index (χ0n) is 12.7. The minimum absolute atomic E-state index is 0.0103. The van der Waals surface area contributed by atoms with Gasteiger partial charge in [-0.3, -0.25) is 9.59 Å². The van der Waals surface area contributed by atoms with Crippen molar-refractivity contribution in [1.82, 2.24) is 10.2 Å². The second-order valence-electron chi connectivity index (χ2n) is 5.55. The number of carbonyl (C=O) groups excluding carboxylic acids is 1. The van der Waals surface area contributed by atoms with Crippen molar-refractivity contribution < 1.29 is 14.7 Å². The molecule has 0 aromatic rings. The van der Waals surface area contributed by atoms with Gasteiger partial charge in [-0.15, -0.1) is 0 Å². The lowest BCUT2D eigenvalue weighted by Gasteiger charge is -2.24. The van der Waals surface area contributed by atoms with Gasteiger partial charge in [0.25, 0.3) is 0 Å². The number of aliphatic carboxylic acids is 1. The van der Waals surface area contributed by atoms with Crippen LogP contribution in [-0.2, 0) is 9.59 Å². The summed E-state index contributed by atoms with van der Waals surface area (Å²) in [5, 5.41) is 11.8. The molecule has 0 atom stereocenters. The molecule has 0 aromatic carbocycles. The quantitative estimate of drug-likeness (QED) is 0.594. The Hall–Kier alpha value is -1.10.